The van der Waals surface area contributed by atoms with Crippen LogP contribution in [0.4, 0.5) is 4.79 Å². The van der Waals surface area contributed by atoms with Crippen molar-refractivity contribution in [1.29, 1.82) is 0 Å². The number of nitrogens with zero attached hydrogens (tertiary/aromatic N) is 1. The van der Waals surface area contributed by atoms with Gasteiger partial charge in [0.1, 0.15) is 13.2 Å². The van der Waals surface area contributed by atoms with Crippen molar-refractivity contribution >= 4 is 17.8 Å². The number of carbonyl (C=O) groups excluding carboxylic acids is 2. The first-order valence-electron chi connectivity index (χ1n) is 13.1. The maximum atomic E-state index is 13.3. The van der Waals surface area contributed by atoms with Crippen LogP contribution in [0.3, 0.4) is 0 Å². The summed E-state index contributed by atoms with van der Waals surface area (Å²) in [5, 5.41) is 13.8. The summed E-state index contributed by atoms with van der Waals surface area (Å²) in [6.07, 6.45) is -1.77. The fraction of sp³-hybridized carbons (Fsp3) is 0.182. The lowest BCUT2D eigenvalue weighted by molar-refractivity contribution is -0.149. The summed E-state index contributed by atoms with van der Waals surface area (Å²) >= 11 is 0. The average molecular weight is 537 g/mol. The highest BCUT2D eigenvalue weighted by molar-refractivity contribution is 6.13. The van der Waals surface area contributed by atoms with Gasteiger partial charge in [-0.25, -0.2) is 9.59 Å². The van der Waals surface area contributed by atoms with Gasteiger partial charge in [0, 0.05) is 17.7 Å². The lowest BCUT2D eigenvalue weighted by atomic mass is 10.0. The Morgan fingerprint density at radius 1 is 0.675 bits per heavy atom. The van der Waals surface area contributed by atoms with Gasteiger partial charge in [-0.15, -0.1) is 0 Å². The molecule has 0 radical (unpaired) electrons. The molecule has 0 aliphatic carbocycles. The molecular formula is C33H32N2O5. The van der Waals surface area contributed by atoms with Gasteiger partial charge in [-0.2, -0.15) is 0 Å². The highest BCUT2D eigenvalue weighted by atomic mass is 16.5. The summed E-state index contributed by atoms with van der Waals surface area (Å²) in [4.78, 5) is 30.2. The van der Waals surface area contributed by atoms with Crippen molar-refractivity contribution in [3.8, 4) is 0 Å². The third-order valence-electron chi connectivity index (χ3n) is 6.11. The normalized spacial score (nSPS) is 12.0. The van der Waals surface area contributed by atoms with Crippen LogP contribution in [0, 0.1) is 0 Å². The lowest BCUT2D eigenvalue weighted by Crippen LogP contribution is -2.38. The number of aliphatic hydroxyl groups excluding tert-OH is 1. The van der Waals surface area contributed by atoms with Gasteiger partial charge < -0.3 is 19.9 Å². The summed E-state index contributed by atoms with van der Waals surface area (Å²) in [5.41, 5.74) is 3.83. The highest BCUT2D eigenvalue weighted by Crippen LogP contribution is 2.16. The van der Waals surface area contributed by atoms with E-state index in [1.165, 1.54) is 0 Å². The number of benzene rings is 4. The molecule has 2 N–H and O–H groups in total. The van der Waals surface area contributed by atoms with Crippen LogP contribution in [0.2, 0.25) is 0 Å². The Morgan fingerprint density at radius 2 is 1.12 bits per heavy atom. The Kier molecular flexibility index (Phi) is 10.6. The van der Waals surface area contributed by atoms with Gasteiger partial charge >= 0.3 is 12.1 Å². The molecule has 0 aliphatic rings. The van der Waals surface area contributed by atoms with Gasteiger partial charge in [-0.1, -0.05) is 121 Å². The molecule has 7 heteroatoms. The van der Waals surface area contributed by atoms with E-state index in [9.17, 15) is 14.7 Å². The lowest BCUT2D eigenvalue weighted by Gasteiger charge is -2.20. The molecule has 1 amide bonds. The van der Waals surface area contributed by atoms with Crippen LogP contribution in [0.15, 0.2) is 126 Å². The van der Waals surface area contributed by atoms with Crippen LogP contribution in [-0.4, -0.2) is 41.6 Å². The molecule has 0 aromatic heterocycles. The number of nitrogens with one attached hydrogen (secondary N) is 1. The molecule has 0 saturated heterocycles. The maximum absolute atomic E-state index is 13.3. The number of alkyl carbamates (subject to hydrolysis) is 1. The van der Waals surface area contributed by atoms with Gasteiger partial charge in [0.15, 0.2) is 6.04 Å². The molecule has 0 fully saturated rings. The Balaban J connectivity index is 1.49. The van der Waals surface area contributed by atoms with Crippen molar-refractivity contribution in [1.82, 2.24) is 5.32 Å². The molecule has 0 bridgehead atoms. The van der Waals surface area contributed by atoms with Crippen LogP contribution in [0.25, 0.3) is 0 Å². The second kappa shape index (κ2) is 15.0. The Bertz CT molecular complexity index is 1320. The van der Waals surface area contributed by atoms with E-state index in [0.29, 0.717) is 5.71 Å². The van der Waals surface area contributed by atoms with Crippen LogP contribution >= 0.6 is 0 Å². The van der Waals surface area contributed by atoms with E-state index in [4.69, 9.17) is 14.5 Å². The molecule has 7 nitrogen and oxygen atoms in total. The molecule has 4 aromatic carbocycles. The molecule has 204 valence electrons. The third-order valence-corrected chi connectivity index (χ3v) is 6.11. The molecule has 2 atom stereocenters. The van der Waals surface area contributed by atoms with E-state index >= 15 is 0 Å². The zero-order valence-electron chi connectivity index (χ0n) is 22.1. The van der Waals surface area contributed by atoms with Crippen LogP contribution < -0.4 is 5.32 Å². The SMILES string of the molecule is O=C(NCCC(O)[C@H](N=C(c1ccccc1)c1ccccc1)C(=O)OCc1ccccc1)OCc1ccccc1. The van der Waals surface area contributed by atoms with E-state index in [1.54, 1.807) is 0 Å². The fourth-order valence-electron chi connectivity index (χ4n) is 4.01. The van der Waals surface area contributed by atoms with Crippen molar-refractivity contribution in [2.75, 3.05) is 6.54 Å². The van der Waals surface area contributed by atoms with Gasteiger partial charge in [0.2, 0.25) is 0 Å². The van der Waals surface area contributed by atoms with E-state index in [1.807, 2.05) is 121 Å². The molecule has 1 unspecified atom stereocenters. The van der Waals surface area contributed by atoms with Crippen molar-refractivity contribution in [3.63, 3.8) is 0 Å². The molecule has 4 rings (SSSR count). The standard InChI is InChI=1S/C33H32N2O5/c36-29(21-22-34-33(38)40-24-26-15-7-2-8-16-26)31(32(37)39-23-25-13-5-1-6-14-25)35-30(27-17-9-3-10-18-27)28-19-11-4-12-20-28/h1-20,29,31,36H,21-24H2,(H,34,38)/t29?,31-/m0/s1. The number of ether oxygens (including phenoxy) is 2. The Morgan fingerprint density at radius 3 is 1.62 bits per heavy atom. The molecule has 0 spiro atoms. The number of carbonyl (C=O) groups is 2. The van der Waals surface area contributed by atoms with Crippen LogP contribution in [-0.2, 0) is 27.5 Å². The molecule has 4 aromatic rings. The van der Waals surface area contributed by atoms with Gasteiger partial charge in [-0.3, -0.25) is 4.99 Å². The number of aliphatic imine (C=N–C) groups is 1. The van der Waals surface area contributed by atoms with Crippen molar-refractivity contribution in [2.24, 2.45) is 4.99 Å². The highest BCUT2D eigenvalue weighted by Gasteiger charge is 2.29. The first-order chi connectivity index (χ1) is 19.6. The number of aliphatic hydroxyl groups is 1. The minimum absolute atomic E-state index is 0.0501. The summed E-state index contributed by atoms with van der Waals surface area (Å²) in [6, 6.07) is 36.4. The van der Waals surface area contributed by atoms with Crippen molar-refractivity contribution in [3.05, 3.63) is 144 Å². The van der Waals surface area contributed by atoms with Crippen LogP contribution in [0.5, 0.6) is 0 Å². The molecule has 40 heavy (non-hydrogen) atoms. The summed E-state index contributed by atoms with van der Waals surface area (Å²) < 4.78 is 10.8. The number of esters is 1. The molecule has 0 aliphatic heterocycles. The van der Waals surface area contributed by atoms with E-state index < -0.39 is 24.2 Å². The monoisotopic (exact) mass is 536 g/mol. The van der Waals surface area contributed by atoms with E-state index in [2.05, 4.69) is 5.32 Å². The quantitative estimate of drug-likeness (QED) is 0.189. The van der Waals surface area contributed by atoms with Crippen molar-refractivity contribution < 1.29 is 24.2 Å². The first-order valence-corrected chi connectivity index (χ1v) is 13.1. The van der Waals surface area contributed by atoms with E-state index in [0.717, 1.165) is 22.3 Å². The number of hydrogen-bond acceptors (Lipinski definition) is 6. The van der Waals surface area contributed by atoms with Gasteiger partial charge in [0.25, 0.3) is 0 Å². The van der Waals surface area contributed by atoms with Gasteiger partial charge in [-0.05, 0) is 17.5 Å². The van der Waals surface area contributed by atoms with E-state index in [-0.39, 0.29) is 26.2 Å². The smallest absolute Gasteiger partial charge is 0.407 e. The zero-order valence-corrected chi connectivity index (χ0v) is 22.1. The maximum Gasteiger partial charge on any atom is 0.407 e. The fourth-order valence-corrected chi connectivity index (χ4v) is 4.01. The Labute approximate surface area is 234 Å². The number of amides is 1. The molecule has 0 heterocycles. The second-order valence-electron chi connectivity index (χ2n) is 9.09. The summed E-state index contributed by atoms with van der Waals surface area (Å²) in [6.45, 7) is 0.263. The zero-order chi connectivity index (χ0) is 28.0. The Hall–Kier alpha value is -4.75. The predicted molar refractivity (Wildman–Crippen MR) is 154 cm³/mol. The topological polar surface area (TPSA) is 97.2 Å². The summed E-state index contributed by atoms with van der Waals surface area (Å²) in [7, 11) is 0. The van der Waals surface area contributed by atoms with Crippen molar-refractivity contribution in [2.45, 2.75) is 31.8 Å². The number of hydrogen-bond donors (Lipinski definition) is 2. The minimum Gasteiger partial charge on any atom is -0.459 e. The van der Waals surface area contributed by atoms with Gasteiger partial charge in [0.05, 0.1) is 11.8 Å². The first kappa shape index (κ1) is 28.3. The largest absolute Gasteiger partial charge is 0.459 e. The predicted octanol–water partition coefficient (Wildman–Crippen LogP) is 5.31. The minimum atomic E-state index is -1.22. The third kappa shape index (κ3) is 8.64. The summed E-state index contributed by atoms with van der Waals surface area (Å²) in [5.74, 6) is -0.660. The average Bonchev–Trinajstić information content (AvgIpc) is 3.01. The second-order valence-corrected chi connectivity index (χ2v) is 9.09. The molecular weight excluding hydrogens is 504 g/mol. The molecule has 0 saturated carbocycles. The number of rotatable bonds is 12. The van der Waals surface area contributed by atoms with Crippen LogP contribution in [0.1, 0.15) is 28.7 Å².